The second-order valence-electron chi connectivity index (χ2n) is 6.68. The summed E-state index contributed by atoms with van der Waals surface area (Å²) in [7, 11) is -4.23. The standard InChI is InChI=1S/C21H22FN3O6S/c1-4-9-23-32(29,30)18-11-15(6-7-16(18)22)20(27)31-12-19(26)25-21(28)24-17-8-5-13(2)10-14(17)3/h4-8,10-11,23H,1,9,12H2,2-3H3,(H2,24,25,26,28). The molecule has 0 fully saturated rings. The van der Waals surface area contributed by atoms with Crippen LogP contribution in [0.5, 0.6) is 0 Å². The number of hydrogen-bond donors (Lipinski definition) is 3. The summed E-state index contributed by atoms with van der Waals surface area (Å²) in [5.41, 5.74) is 2.01. The van der Waals surface area contributed by atoms with Crippen LogP contribution in [-0.2, 0) is 19.6 Å². The Kier molecular flexibility index (Phi) is 8.21. The van der Waals surface area contributed by atoms with Gasteiger partial charge < -0.3 is 10.1 Å². The van der Waals surface area contributed by atoms with Crippen molar-refractivity contribution in [2.24, 2.45) is 0 Å². The van der Waals surface area contributed by atoms with E-state index in [0.717, 1.165) is 29.3 Å². The molecule has 0 saturated carbocycles. The van der Waals surface area contributed by atoms with Crippen molar-refractivity contribution >= 4 is 33.6 Å². The van der Waals surface area contributed by atoms with Crippen LogP contribution < -0.4 is 15.4 Å². The van der Waals surface area contributed by atoms with Gasteiger partial charge in [0.2, 0.25) is 10.0 Å². The fourth-order valence-corrected chi connectivity index (χ4v) is 3.67. The molecule has 9 nitrogen and oxygen atoms in total. The maximum atomic E-state index is 13.9. The van der Waals surface area contributed by atoms with Crippen molar-refractivity contribution in [1.82, 2.24) is 10.0 Å². The molecule has 170 valence electrons. The highest BCUT2D eigenvalue weighted by molar-refractivity contribution is 7.89. The van der Waals surface area contributed by atoms with E-state index in [0.29, 0.717) is 5.69 Å². The first kappa shape index (κ1) is 24.7. The number of ether oxygens (including phenoxy) is 1. The van der Waals surface area contributed by atoms with Gasteiger partial charge in [-0.25, -0.2) is 27.1 Å². The summed E-state index contributed by atoms with van der Waals surface area (Å²) in [6, 6.07) is 7.08. The summed E-state index contributed by atoms with van der Waals surface area (Å²) in [6.07, 6.45) is 1.27. The molecule has 0 spiro atoms. The Balaban J connectivity index is 1.97. The third kappa shape index (κ3) is 6.72. The Morgan fingerprint density at radius 2 is 1.84 bits per heavy atom. The molecule has 0 aliphatic heterocycles. The molecule has 2 rings (SSSR count). The number of sulfonamides is 1. The molecule has 0 bridgehead atoms. The molecule has 32 heavy (non-hydrogen) atoms. The number of halogens is 1. The normalized spacial score (nSPS) is 10.8. The molecular weight excluding hydrogens is 441 g/mol. The lowest BCUT2D eigenvalue weighted by atomic mass is 10.1. The molecule has 0 aliphatic carbocycles. The van der Waals surface area contributed by atoms with Gasteiger partial charge in [0.05, 0.1) is 5.56 Å². The molecule has 3 amide bonds. The number of urea groups is 1. The summed E-state index contributed by atoms with van der Waals surface area (Å²) in [5.74, 6) is -3.06. The minimum absolute atomic E-state index is 0.138. The van der Waals surface area contributed by atoms with Gasteiger partial charge in [-0.1, -0.05) is 23.8 Å². The third-order valence-electron chi connectivity index (χ3n) is 4.09. The van der Waals surface area contributed by atoms with Gasteiger partial charge in [0, 0.05) is 12.2 Å². The Labute approximate surface area is 184 Å². The second kappa shape index (κ2) is 10.6. The molecule has 3 N–H and O–H groups in total. The number of aryl methyl sites for hydroxylation is 2. The molecule has 11 heteroatoms. The number of amides is 3. The van der Waals surface area contributed by atoms with Crippen LogP contribution in [0, 0.1) is 19.7 Å². The molecular formula is C21H22FN3O6S. The summed E-state index contributed by atoms with van der Waals surface area (Å²) in [6.45, 7) is 6.09. The van der Waals surface area contributed by atoms with E-state index in [-0.39, 0.29) is 12.1 Å². The molecule has 0 aliphatic rings. The number of carbonyl (C=O) groups excluding carboxylic acids is 3. The van der Waals surface area contributed by atoms with E-state index in [1.165, 1.54) is 6.08 Å². The number of anilines is 1. The summed E-state index contributed by atoms with van der Waals surface area (Å²) in [4.78, 5) is 35.2. The highest BCUT2D eigenvalue weighted by atomic mass is 32.2. The summed E-state index contributed by atoms with van der Waals surface area (Å²) < 4.78 is 45.0. The molecule has 0 unspecified atom stereocenters. The first-order valence-electron chi connectivity index (χ1n) is 9.29. The number of carbonyl (C=O) groups is 3. The first-order valence-corrected chi connectivity index (χ1v) is 10.8. The zero-order valence-corrected chi connectivity index (χ0v) is 18.2. The van der Waals surface area contributed by atoms with Gasteiger partial charge in [0.25, 0.3) is 5.91 Å². The van der Waals surface area contributed by atoms with Crippen molar-refractivity contribution in [3.8, 4) is 0 Å². The third-order valence-corrected chi connectivity index (χ3v) is 5.53. The smallest absolute Gasteiger partial charge is 0.338 e. The Morgan fingerprint density at radius 3 is 2.50 bits per heavy atom. The van der Waals surface area contributed by atoms with Crippen LogP contribution in [0.4, 0.5) is 14.9 Å². The zero-order chi connectivity index (χ0) is 23.9. The largest absolute Gasteiger partial charge is 0.452 e. The summed E-state index contributed by atoms with van der Waals surface area (Å²) in [5, 5.41) is 4.50. The number of rotatable bonds is 8. The average Bonchev–Trinajstić information content (AvgIpc) is 2.72. The zero-order valence-electron chi connectivity index (χ0n) is 17.4. The molecule has 0 saturated heterocycles. The van der Waals surface area contributed by atoms with E-state index in [1.807, 2.05) is 18.3 Å². The van der Waals surface area contributed by atoms with Crippen LogP contribution in [0.15, 0.2) is 53.9 Å². The minimum atomic E-state index is -4.23. The van der Waals surface area contributed by atoms with Gasteiger partial charge in [0.1, 0.15) is 10.7 Å². The molecule has 2 aromatic rings. The van der Waals surface area contributed by atoms with Gasteiger partial charge in [-0.2, -0.15) is 0 Å². The van der Waals surface area contributed by atoms with Crippen molar-refractivity contribution in [2.75, 3.05) is 18.5 Å². The average molecular weight is 463 g/mol. The highest BCUT2D eigenvalue weighted by Crippen LogP contribution is 2.17. The van der Waals surface area contributed by atoms with Crippen LogP contribution in [0.3, 0.4) is 0 Å². The van der Waals surface area contributed by atoms with E-state index >= 15 is 0 Å². The van der Waals surface area contributed by atoms with Gasteiger partial charge in [-0.05, 0) is 43.7 Å². The van der Waals surface area contributed by atoms with Crippen molar-refractivity contribution in [3.63, 3.8) is 0 Å². The number of hydrogen-bond acceptors (Lipinski definition) is 6. The fraction of sp³-hybridized carbons (Fsp3) is 0.190. The van der Waals surface area contributed by atoms with Gasteiger partial charge in [-0.3, -0.25) is 10.1 Å². The highest BCUT2D eigenvalue weighted by Gasteiger charge is 2.21. The summed E-state index contributed by atoms with van der Waals surface area (Å²) >= 11 is 0. The van der Waals surface area contributed by atoms with Crippen LogP contribution >= 0.6 is 0 Å². The molecule has 0 atom stereocenters. The molecule has 2 aromatic carbocycles. The van der Waals surface area contributed by atoms with Crippen molar-refractivity contribution < 1.29 is 31.9 Å². The van der Waals surface area contributed by atoms with E-state index in [2.05, 4.69) is 16.6 Å². The number of esters is 1. The maximum absolute atomic E-state index is 13.9. The Morgan fingerprint density at radius 1 is 1.12 bits per heavy atom. The maximum Gasteiger partial charge on any atom is 0.338 e. The van der Waals surface area contributed by atoms with Crippen LogP contribution in [0.1, 0.15) is 21.5 Å². The van der Waals surface area contributed by atoms with Crippen LogP contribution in [0.2, 0.25) is 0 Å². The van der Waals surface area contributed by atoms with Crippen molar-refractivity contribution in [1.29, 1.82) is 0 Å². The number of imide groups is 1. The van der Waals surface area contributed by atoms with E-state index in [4.69, 9.17) is 4.74 Å². The molecule has 0 radical (unpaired) electrons. The van der Waals surface area contributed by atoms with Gasteiger partial charge >= 0.3 is 12.0 Å². The quantitative estimate of drug-likeness (QED) is 0.407. The Hall–Kier alpha value is -3.57. The lowest BCUT2D eigenvalue weighted by molar-refractivity contribution is -0.123. The van der Waals surface area contributed by atoms with Crippen LogP contribution in [0.25, 0.3) is 0 Å². The van der Waals surface area contributed by atoms with Gasteiger partial charge in [-0.15, -0.1) is 6.58 Å². The predicted octanol–water partition coefficient (Wildman–Crippen LogP) is 2.41. The molecule has 0 aromatic heterocycles. The second-order valence-corrected chi connectivity index (χ2v) is 8.42. The first-order chi connectivity index (χ1) is 15.0. The molecule has 0 heterocycles. The SMILES string of the molecule is C=CCNS(=O)(=O)c1cc(C(=O)OCC(=O)NC(=O)Nc2ccc(C)cc2C)ccc1F. The lowest BCUT2D eigenvalue weighted by Crippen LogP contribution is -2.37. The van der Waals surface area contributed by atoms with E-state index in [9.17, 15) is 27.2 Å². The van der Waals surface area contributed by atoms with Crippen molar-refractivity contribution in [3.05, 3.63) is 71.6 Å². The van der Waals surface area contributed by atoms with Gasteiger partial charge in [0.15, 0.2) is 6.61 Å². The van der Waals surface area contributed by atoms with Crippen molar-refractivity contribution in [2.45, 2.75) is 18.7 Å². The lowest BCUT2D eigenvalue weighted by Gasteiger charge is -2.11. The van der Waals surface area contributed by atoms with E-state index < -0.39 is 45.3 Å². The van der Waals surface area contributed by atoms with Crippen LogP contribution in [-0.4, -0.2) is 39.5 Å². The minimum Gasteiger partial charge on any atom is -0.452 e. The number of nitrogens with one attached hydrogen (secondary N) is 3. The number of benzene rings is 2. The predicted molar refractivity (Wildman–Crippen MR) is 115 cm³/mol. The fourth-order valence-electron chi connectivity index (χ4n) is 2.57. The van der Waals surface area contributed by atoms with E-state index in [1.54, 1.807) is 19.1 Å². The monoisotopic (exact) mass is 463 g/mol. The topological polar surface area (TPSA) is 131 Å². The Bertz CT molecular complexity index is 1160.